The minimum atomic E-state index is -1.52. The van der Waals surface area contributed by atoms with Gasteiger partial charge in [0.05, 0.1) is 34.4 Å². The number of rotatable bonds is 51. The van der Waals surface area contributed by atoms with Crippen molar-refractivity contribution < 1.29 is 42.9 Å². The first-order valence-electron chi connectivity index (χ1n) is 28.4. The molecular weight excluding hydrogens is 887 g/mol. The van der Waals surface area contributed by atoms with Gasteiger partial charge in [-0.15, -0.1) is 0 Å². The van der Waals surface area contributed by atoms with Crippen molar-refractivity contribution in [2.24, 2.45) is 0 Å². The lowest BCUT2D eigenvalue weighted by Gasteiger charge is -2.25. The fourth-order valence-corrected chi connectivity index (χ4v) is 7.52. The number of carbonyl (C=O) groups is 3. The maximum atomic E-state index is 12.9. The molecule has 0 saturated heterocycles. The zero-order valence-electron chi connectivity index (χ0n) is 46.1. The second-order valence-corrected chi connectivity index (χ2v) is 19.8. The van der Waals surface area contributed by atoms with Crippen molar-refractivity contribution in [2.45, 2.75) is 232 Å². The minimum Gasteiger partial charge on any atom is -0.477 e. The molecule has 9 nitrogen and oxygen atoms in total. The number of carboxylic acids is 1. The van der Waals surface area contributed by atoms with Crippen molar-refractivity contribution >= 4 is 17.9 Å². The molecule has 0 amide bonds. The van der Waals surface area contributed by atoms with E-state index < -0.39 is 24.3 Å². The first kappa shape index (κ1) is 67.2. The molecule has 0 heterocycles. The third kappa shape index (κ3) is 53.8. The molecule has 0 aromatic rings. The number of ether oxygens (including phenoxy) is 4. The molecule has 2 unspecified atom stereocenters. The number of esters is 2. The molecule has 9 heteroatoms. The summed E-state index contributed by atoms with van der Waals surface area (Å²) in [4.78, 5) is 37.4. The van der Waals surface area contributed by atoms with Crippen LogP contribution in [-0.2, 0) is 33.3 Å². The second kappa shape index (κ2) is 52.5. The largest absolute Gasteiger partial charge is 0.477 e. The van der Waals surface area contributed by atoms with Gasteiger partial charge >= 0.3 is 17.9 Å². The van der Waals surface area contributed by atoms with E-state index in [0.717, 1.165) is 103 Å². The number of hydrogen-bond donors (Lipinski definition) is 1. The summed E-state index contributed by atoms with van der Waals surface area (Å²) in [5.41, 5.74) is 0. The second-order valence-electron chi connectivity index (χ2n) is 19.8. The summed E-state index contributed by atoms with van der Waals surface area (Å²) in [6, 6.07) is 0. The van der Waals surface area contributed by atoms with E-state index in [1.165, 1.54) is 83.5 Å². The third-order valence-electron chi connectivity index (χ3n) is 11.8. The maximum absolute atomic E-state index is 12.9. The van der Waals surface area contributed by atoms with Crippen LogP contribution in [0.25, 0.3) is 0 Å². The van der Waals surface area contributed by atoms with E-state index >= 15 is 0 Å². The molecule has 0 aromatic heterocycles. The Bertz CT molecular complexity index is 1480. The summed E-state index contributed by atoms with van der Waals surface area (Å²) in [7, 11) is 5.96. The highest BCUT2D eigenvalue weighted by atomic mass is 16.7. The number of carbonyl (C=O) groups excluding carboxylic acids is 2. The van der Waals surface area contributed by atoms with Gasteiger partial charge in [0, 0.05) is 12.8 Å². The van der Waals surface area contributed by atoms with Gasteiger partial charge in [0.25, 0.3) is 6.29 Å². The van der Waals surface area contributed by atoms with Crippen LogP contribution in [0.5, 0.6) is 0 Å². The molecule has 0 aliphatic rings. The Morgan fingerprint density at radius 1 is 0.423 bits per heavy atom. The lowest BCUT2D eigenvalue weighted by atomic mass is 10.0. The molecule has 0 bridgehead atoms. The van der Waals surface area contributed by atoms with Crippen molar-refractivity contribution in [1.29, 1.82) is 0 Å². The number of carboxylic acid groups (broad SMARTS) is 1. The summed E-state index contributed by atoms with van der Waals surface area (Å²) >= 11 is 0. The fraction of sp³-hybridized carbons (Fsp3) is 0.694. The van der Waals surface area contributed by atoms with Gasteiger partial charge in [0.15, 0.2) is 6.10 Å². The average molecular weight is 994 g/mol. The molecule has 0 aliphatic heterocycles. The van der Waals surface area contributed by atoms with Crippen LogP contribution < -0.4 is 0 Å². The van der Waals surface area contributed by atoms with E-state index in [9.17, 15) is 19.5 Å². The first-order valence-corrected chi connectivity index (χ1v) is 28.4. The summed E-state index contributed by atoms with van der Waals surface area (Å²) in [5, 5.41) is 9.70. The molecule has 0 radical (unpaired) electrons. The number of likely N-dealkylation sites (N-methyl/N-ethyl adjacent to an activating group) is 1. The molecule has 0 aromatic carbocycles. The average Bonchev–Trinajstić information content (AvgIpc) is 3.34. The maximum Gasteiger partial charge on any atom is 0.361 e. The molecular formula is C62H106NO8+. The first-order chi connectivity index (χ1) is 34.6. The monoisotopic (exact) mass is 993 g/mol. The topological polar surface area (TPSA) is 108 Å². The molecule has 0 saturated carbocycles. The molecule has 1 N–H and O–H groups in total. The summed E-state index contributed by atoms with van der Waals surface area (Å²) in [6.45, 7) is 4.64. The van der Waals surface area contributed by atoms with E-state index in [1.807, 2.05) is 21.1 Å². The van der Waals surface area contributed by atoms with Gasteiger partial charge in [-0.3, -0.25) is 9.59 Å². The quantitative estimate of drug-likeness (QED) is 0.0211. The van der Waals surface area contributed by atoms with Crippen molar-refractivity contribution in [1.82, 2.24) is 0 Å². The Morgan fingerprint density at radius 3 is 1.13 bits per heavy atom. The Hall–Kier alpha value is -3.79. The van der Waals surface area contributed by atoms with Crippen molar-refractivity contribution in [3.05, 3.63) is 97.2 Å². The number of hydrogen-bond acceptors (Lipinski definition) is 7. The number of quaternary nitrogens is 1. The highest BCUT2D eigenvalue weighted by Crippen LogP contribution is 2.15. The van der Waals surface area contributed by atoms with Crippen LogP contribution in [0.2, 0.25) is 0 Å². The molecule has 0 rings (SSSR count). The van der Waals surface area contributed by atoms with Crippen LogP contribution in [0.1, 0.15) is 219 Å². The lowest BCUT2D eigenvalue weighted by Crippen LogP contribution is -2.40. The molecule has 0 spiro atoms. The van der Waals surface area contributed by atoms with Gasteiger partial charge in [-0.1, -0.05) is 214 Å². The Kier molecular flexibility index (Phi) is 49.7. The summed E-state index contributed by atoms with van der Waals surface area (Å²) in [6.07, 6.45) is 67.6. The molecule has 71 heavy (non-hydrogen) atoms. The van der Waals surface area contributed by atoms with Crippen molar-refractivity contribution in [2.75, 3.05) is 47.5 Å². The van der Waals surface area contributed by atoms with E-state index in [-0.39, 0.29) is 38.6 Å². The Morgan fingerprint density at radius 2 is 0.761 bits per heavy atom. The van der Waals surface area contributed by atoms with Gasteiger partial charge in [0.2, 0.25) is 0 Å². The van der Waals surface area contributed by atoms with Crippen LogP contribution in [0.3, 0.4) is 0 Å². The lowest BCUT2D eigenvalue weighted by molar-refractivity contribution is -0.870. The summed E-state index contributed by atoms with van der Waals surface area (Å²) in [5.74, 6) is -2.02. The minimum absolute atomic E-state index is 0.181. The van der Waals surface area contributed by atoms with Crippen molar-refractivity contribution in [3.8, 4) is 0 Å². The Labute approximate surface area is 435 Å². The van der Waals surface area contributed by atoms with Crippen LogP contribution in [-0.4, -0.2) is 87.4 Å². The predicted octanol–water partition coefficient (Wildman–Crippen LogP) is 16.6. The number of aliphatic carboxylic acids is 1. The smallest absolute Gasteiger partial charge is 0.361 e. The highest BCUT2D eigenvalue weighted by molar-refractivity contribution is 5.71. The van der Waals surface area contributed by atoms with Crippen LogP contribution in [0.4, 0.5) is 0 Å². The normalized spacial score (nSPS) is 13.5. The fourth-order valence-electron chi connectivity index (χ4n) is 7.52. The van der Waals surface area contributed by atoms with Gasteiger partial charge < -0.3 is 28.5 Å². The third-order valence-corrected chi connectivity index (χ3v) is 11.8. The van der Waals surface area contributed by atoms with Gasteiger partial charge in [-0.2, -0.15) is 0 Å². The molecule has 406 valence electrons. The van der Waals surface area contributed by atoms with E-state index in [2.05, 4.69) is 111 Å². The predicted molar refractivity (Wildman–Crippen MR) is 299 cm³/mol. The molecule has 0 fully saturated rings. The Balaban J connectivity index is 4.29. The standard InChI is InChI=1S/C62H105NO8/c1-6-8-10-12-14-16-18-20-22-24-26-28-29-30-31-33-35-37-39-41-43-45-47-49-51-53-60(65)71-58(57-70-62(61(66)67)68-55-54-63(3,4)5)56-69-59(64)52-50-48-46-44-42-40-38-36-34-32-27-25-23-21-19-17-15-13-11-9-7-2/h8-11,14-17,20-23,26-28,32,58,62H,6-7,12-13,18-19,24-25,29-31,33-57H2,1-5H3/p+1/b10-8-,11-9-,16-14-,17-15-,22-20-,23-21-,28-26-,32-27-. The number of unbranched alkanes of at least 4 members (excludes halogenated alkanes) is 20. The van der Waals surface area contributed by atoms with Crippen molar-refractivity contribution in [3.63, 3.8) is 0 Å². The molecule has 2 atom stereocenters. The van der Waals surface area contributed by atoms with E-state index in [1.54, 1.807) is 0 Å². The number of allylic oxidation sites excluding steroid dienone is 16. The van der Waals surface area contributed by atoms with Crippen LogP contribution >= 0.6 is 0 Å². The zero-order chi connectivity index (χ0) is 52.0. The highest BCUT2D eigenvalue weighted by Gasteiger charge is 2.25. The summed E-state index contributed by atoms with van der Waals surface area (Å²) < 4.78 is 22.9. The van der Waals surface area contributed by atoms with Crippen LogP contribution in [0, 0.1) is 0 Å². The van der Waals surface area contributed by atoms with E-state index in [4.69, 9.17) is 18.9 Å². The van der Waals surface area contributed by atoms with E-state index in [0.29, 0.717) is 17.4 Å². The molecule has 0 aliphatic carbocycles. The van der Waals surface area contributed by atoms with Crippen LogP contribution in [0.15, 0.2) is 97.2 Å². The van der Waals surface area contributed by atoms with Gasteiger partial charge in [0.1, 0.15) is 13.2 Å². The van der Waals surface area contributed by atoms with Gasteiger partial charge in [-0.05, 0) is 89.9 Å². The zero-order valence-corrected chi connectivity index (χ0v) is 46.1. The number of nitrogens with zero attached hydrogens (tertiary/aromatic N) is 1. The van der Waals surface area contributed by atoms with Gasteiger partial charge in [-0.25, -0.2) is 4.79 Å². The SMILES string of the molecule is CC/C=C\C/C=C\C/C=C\C/C=C\CCCCCCCCCCCCCCC(=O)OC(COC(=O)CCCCCCCCCC/C=C\C/C=C\C/C=C\C/C=C\CC)COC(OCC[N+](C)(C)C)C(=O)O.